The van der Waals surface area contributed by atoms with Gasteiger partial charge in [-0.2, -0.15) is 0 Å². The molecule has 60 valence electrons. The standard InChI is InChI=1S/C6H13O3P/c1-2-8-10-5-6(3-7)4-9-10/h6-7H,2-5H2,1H3. The molecule has 4 heteroatoms. The summed E-state index contributed by atoms with van der Waals surface area (Å²) in [4.78, 5) is 0. The predicted octanol–water partition coefficient (Wildman–Crippen LogP) is 0.974. The van der Waals surface area contributed by atoms with E-state index in [9.17, 15) is 0 Å². The maximum absolute atomic E-state index is 8.73. The lowest BCUT2D eigenvalue weighted by molar-refractivity contribution is 0.201. The molecule has 0 amide bonds. The van der Waals surface area contributed by atoms with Crippen molar-refractivity contribution in [3.63, 3.8) is 0 Å². The van der Waals surface area contributed by atoms with Crippen molar-refractivity contribution in [1.29, 1.82) is 0 Å². The first-order chi connectivity index (χ1) is 4.86. The SMILES string of the molecule is CCOP1CC(CO)CO1. The minimum Gasteiger partial charge on any atom is -0.396 e. The first-order valence-electron chi connectivity index (χ1n) is 3.51. The molecule has 10 heavy (non-hydrogen) atoms. The zero-order valence-corrected chi connectivity index (χ0v) is 7.01. The van der Waals surface area contributed by atoms with Crippen molar-refractivity contribution >= 4 is 8.38 Å². The molecule has 1 aliphatic rings. The van der Waals surface area contributed by atoms with Crippen LogP contribution in [-0.2, 0) is 9.05 Å². The molecule has 1 fully saturated rings. The molecule has 1 saturated heterocycles. The molecule has 0 aromatic heterocycles. The Labute approximate surface area is 62.3 Å². The van der Waals surface area contributed by atoms with Gasteiger partial charge in [-0.25, -0.2) is 0 Å². The predicted molar refractivity (Wildman–Crippen MR) is 39.9 cm³/mol. The van der Waals surface area contributed by atoms with Gasteiger partial charge in [0.1, 0.15) is 0 Å². The van der Waals surface area contributed by atoms with Gasteiger partial charge in [-0.3, -0.25) is 0 Å². The monoisotopic (exact) mass is 164 g/mol. The number of hydrogen-bond donors (Lipinski definition) is 1. The quantitative estimate of drug-likeness (QED) is 0.632. The summed E-state index contributed by atoms with van der Waals surface area (Å²) >= 11 is 0. The molecule has 0 spiro atoms. The fraction of sp³-hybridized carbons (Fsp3) is 1.00. The van der Waals surface area contributed by atoms with Crippen LogP contribution in [0.25, 0.3) is 0 Å². The second-order valence-electron chi connectivity index (χ2n) is 2.28. The lowest BCUT2D eigenvalue weighted by Gasteiger charge is -2.06. The highest BCUT2D eigenvalue weighted by atomic mass is 31.2. The number of aliphatic hydroxyl groups excluding tert-OH is 1. The summed E-state index contributed by atoms with van der Waals surface area (Å²) in [5.41, 5.74) is 0. The number of hydrogen-bond acceptors (Lipinski definition) is 3. The normalized spacial score (nSPS) is 33.0. The lowest BCUT2D eigenvalue weighted by atomic mass is 10.2. The zero-order valence-electron chi connectivity index (χ0n) is 6.12. The van der Waals surface area contributed by atoms with E-state index in [2.05, 4.69) is 0 Å². The van der Waals surface area contributed by atoms with Gasteiger partial charge >= 0.3 is 0 Å². The van der Waals surface area contributed by atoms with E-state index >= 15 is 0 Å². The molecule has 0 aromatic carbocycles. The van der Waals surface area contributed by atoms with Gasteiger partial charge in [0, 0.05) is 18.7 Å². The fourth-order valence-electron chi connectivity index (χ4n) is 0.849. The highest BCUT2D eigenvalue weighted by Crippen LogP contribution is 2.45. The van der Waals surface area contributed by atoms with Crippen LogP contribution in [0.4, 0.5) is 0 Å². The molecule has 1 rings (SSSR count). The zero-order chi connectivity index (χ0) is 7.40. The number of rotatable bonds is 3. The molecule has 2 unspecified atom stereocenters. The van der Waals surface area contributed by atoms with Crippen LogP contribution < -0.4 is 0 Å². The van der Waals surface area contributed by atoms with Crippen LogP contribution in [0, 0.1) is 5.92 Å². The molecule has 0 saturated carbocycles. The average Bonchev–Trinajstić information content (AvgIpc) is 2.37. The first-order valence-corrected chi connectivity index (χ1v) is 4.87. The molecule has 0 aliphatic carbocycles. The van der Waals surface area contributed by atoms with E-state index in [1.54, 1.807) is 0 Å². The highest BCUT2D eigenvalue weighted by Gasteiger charge is 2.25. The van der Waals surface area contributed by atoms with Gasteiger partial charge in [0.25, 0.3) is 0 Å². The van der Waals surface area contributed by atoms with Gasteiger partial charge in [-0.15, -0.1) is 0 Å². The third kappa shape index (κ3) is 2.17. The maximum Gasteiger partial charge on any atom is 0.170 e. The van der Waals surface area contributed by atoms with Gasteiger partial charge in [-0.05, 0) is 6.92 Å². The summed E-state index contributed by atoms with van der Waals surface area (Å²) in [5.74, 6) is 0.317. The van der Waals surface area contributed by atoms with Crippen molar-refractivity contribution in [3.8, 4) is 0 Å². The van der Waals surface area contributed by atoms with Gasteiger partial charge < -0.3 is 14.2 Å². The first kappa shape index (κ1) is 8.41. The Hall–Kier alpha value is 0.310. The summed E-state index contributed by atoms with van der Waals surface area (Å²) in [6.07, 6.45) is 0.902. The molecule has 0 radical (unpaired) electrons. The van der Waals surface area contributed by atoms with E-state index in [1.807, 2.05) is 6.92 Å². The Kier molecular flexibility index (Phi) is 3.57. The summed E-state index contributed by atoms with van der Waals surface area (Å²) in [5, 5.41) is 8.73. The third-order valence-electron chi connectivity index (χ3n) is 1.39. The van der Waals surface area contributed by atoms with Crippen LogP contribution in [-0.4, -0.2) is 31.1 Å². The van der Waals surface area contributed by atoms with Crippen molar-refractivity contribution in [2.24, 2.45) is 5.92 Å². The highest BCUT2D eigenvalue weighted by molar-refractivity contribution is 7.47. The van der Waals surface area contributed by atoms with Gasteiger partial charge in [0.15, 0.2) is 8.38 Å². The molecular formula is C6H13O3P. The van der Waals surface area contributed by atoms with Crippen LogP contribution >= 0.6 is 8.38 Å². The van der Waals surface area contributed by atoms with E-state index in [4.69, 9.17) is 14.2 Å². The Bertz CT molecular complexity index is 99.0. The molecule has 0 bridgehead atoms. The van der Waals surface area contributed by atoms with Gasteiger partial charge in [-0.1, -0.05) is 0 Å². The Morgan fingerprint density at radius 1 is 1.80 bits per heavy atom. The van der Waals surface area contributed by atoms with Crippen LogP contribution in [0.2, 0.25) is 0 Å². The van der Waals surface area contributed by atoms with Crippen LogP contribution in [0.15, 0.2) is 0 Å². The fourth-order valence-corrected chi connectivity index (χ4v) is 2.44. The second-order valence-corrected chi connectivity index (χ2v) is 3.82. The minimum absolute atomic E-state index is 0.228. The van der Waals surface area contributed by atoms with Gasteiger partial charge in [0.05, 0.1) is 13.2 Å². The average molecular weight is 164 g/mol. The van der Waals surface area contributed by atoms with E-state index < -0.39 is 8.38 Å². The molecule has 3 nitrogen and oxygen atoms in total. The molecule has 2 atom stereocenters. The lowest BCUT2D eigenvalue weighted by Crippen LogP contribution is -2.07. The Morgan fingerprint density at radius 2 is 2.60 bits per heavy atom. The maximum atomic E-state index is 8.73. The Morgan fingerprint density at radius 3 is 3.10 bits per heavy atom. The van der Waals surface area contributed by atoms with Crippen molar-refractivity contribution in [1.82, 2.24) is 0 Å². The largest absolute Gasteiger partial charge is 0.396 e. The van der Waals surface area contributed by atoms with E-state index in [0.29, 0.717) is 19.1 Å². The summed E-state index contributed by atoms with van der Waals surface area (Å²) in [6, 6.07) is 0. The van der Waals surface area contributed by atoms with E-state index in [0.717, 1.165) is 6.16 Å². The van der Waals surface area contributed by atoms with Gasteiger partial charge in [0.2, 0.25) is 0 Å². The number of aliphatic hydroxyl groups is 1. The third-order valence-corrected chi connectivity index (χ3v) is 3.19. The minimum atomic E-state index is -0.650. The van der Waals surface area contributed by atoms with Crippen LogP contribution in [0.5, 0.6) is 0 Å². The smallest absolute Gasteiger partial charge is 0.170 e. The van der Waals surface area contributed by atoms with Crippen LogP contribution in [0.1, 0.15) is 6.92 Å². The van der Waals surface area contributed by atoms with Crippen molar-refractivity contribution in [3.05, 3.63) is 0 Å². The van der Waals surface area contributed by atoms with Crippen molar-refractivity contribution in [2.45, 2.75) is 6.92 Å². The molecule has 1 N–H and O–H groups in total. The summed E-state index contributed by atoms with van der Waals surface area (Å²) < 4.78 is 10.5. The van der Waals surface area contributed by atoms with Crippen molar-refractivity contribution < 1.29 is 14.2 Å². The topological polar surface area (TPSA) is 38.7 Å². The summed E-state index contributed by atoms with van der Waals surface area (Å²) in [7, 11) is -0.650. The molecular weight excluding hydrogens is 151 g/mol. The molecule has 0 aromatic rings. The van der Waals surface area contributed by atoms with Crippen molar-refractivity contribution in [2.75, 3.05) is 26.0 Å². The van der Waals surface area contributed by atoms with E-state index in [1.165, 1.54) is 0 Å². The van der Waals surface area contributed by atoms with Crippen LogP contribution in [0.3, 0.4) is 0 Å². The molecule has 1 aliphatic heterocycles. The Balaban J connectivity index is 2.15. The summed E-state index contributed by atoms with van der Waals surface area (Å²) in [6.45, 7) is 3.57. The second kappa shape index (κ2) is 4.24. The van der Waals surface area contributed by atoms with E-state index in [-0.39, 0.29) is 6.61 Å². The molecule has 1 heterocycles.